The van der Waals surface area contributed by atoms with Crippen molar-refractivity contribution in [3.63, 3.8) is 0 Å². The maximum absolute atomic E-state index is 14.0. The molecule has 0 saturated carbocycles. The third-order valence-electron chi connectivity index (χ3n) is 3.41. The first kappa shape index (κ1) is 23.9. The first-order chi connectivity index (χ1) is 12.3. The Hall–Kier alpha value is -2.12. The van der Waals surface area contributed by atoms with Crippen LogP contribution in [0.5, 0.6) is 0 Å². The summed E-state index contributed by atoms with van der Waals surface area (Å²) in [4.78, 5) is 11.5. The second-order valence-electron chi connectivity index (χ2n) is 5.54. The van der Waals surface area contributed by atoms with E-state index in [-0.39, 0.29) is 0 Å². The Labute approximate surface area is 149 Å². The minimum absolute atomic E-state index is 0.337. The summed E-state index contributed by atoms with van der Waals surface area (Å²) in [6.07, 6.45) is -20.9. The Bertz CT molecular complexity index is 742. The number of halogens is 11. The number of rotatable bonds is 5. The molecular weight excluding hydrogens is 423 g/mol. The number of hydrogen-bond acceptors (Lipinski definition) is 2. The monoisotopic (exact) mass is 433 g/mol. The molecule has 160 valence electrons. The van der Waals surface area contributed by atoms with Crippen molar-refractivity contribution in [2.75, 3.05) is 5.32 Å². The van der Waals surface area contributed by atoms with Crippen molar-refractivity contribution in [3.8, 4) is 0 Å². The van der Waals surface area contributed by atoms with E-state index < -0.39 is 41.8 Å². The Kier molecular flexibility index (Phi) is 6.02. The van der Waals surface area contributed by atoms with Gasteiger partial charge in [0.05, 0.1) is 0 Å². The summed E-state index contributed by atoms with van der Waals surface area (Å²) in [6.45, 7) is 2.92. The van der Waals surface area contributed by atoms with Crippen molar-refractivity contribution in [3.05, 3.63) is 29.3 Å². The fourth-order valence-corrected chi connectivity index (χ4v) is 1.67. The van der Waals surface area contributed by atoms with E-state index in [2.05, 4.69) is 4.74 Å². The maximum atomic E-state index is 14.0. The third-order valence-corrected chi connectivity index (χ3v) is 3.41. The van der Waals surface area contributed by atoms with Gasteiger partial charge in [0.1, 0.15) is 0 Å². The van der Waals surface area contributed by atoms with Gasteiger partial charge >= 0.3 is 30.2 Å². The summed E-state index contributed by atoms with van der Waals surface area (Å²) < 4.78 is 142. The highest BCUT2D eigenvalue weighted by Gasteiger charge is 2.79. The van der Waals surface area contributed by atoms with Gasteiger partial charge in [-0.05, 0) is 37.1 Å². The lowest BCUT2D eigenvalue weighted by atomic mass is 10.1. The molecule has 0 aliphatic heterocycles. The van der Waals surface area contributed by atoms with Crippen LogP contribution in [0.25, 0.3) is 0 Å². The lowest BCUT2D eigenvalue weighted by Gasteiger charge is -2.34. The molecule has 1 aromatic rings. The fourth-order valence-electron chi connectivity index (χ4n) is 1.67. The summed E-state index contributed by atoms with van der Waals surface area (Å²) in [7, 11) is 0. The zero-order chi connectivity index (χ0) is 22.3. The smallest absolute Gasteiger partial charge is 0.321 e. The molecule has 0 radical (unpaired) electrons. The molecule has 1 rings (SSSR count). The summed E-state index contributed by atoms with van der Waals surface area (Å²) in [6, 6.07) is 3.08. The highest BCUT2D eigenvalue weighted by atomic mass is 19.4. The van der Waals surface area contributed by atoms with Crippen molar-refractivity contribution in [1.29, 1.82) is 0 Å². The first-order valence-electron chi connectivity index (χ1n) is 6.93. The van der Waals surface area contributed by atoms with Gasteiger partial charge in [0.2, 0.25) is 0 Å². The van der Waals surface area contributed by atoms with Gasteiger partial charge in [0.25, 0.3) is 5.91 Å². The second kappa shape index (κ2) is 7.04. The van der Waals surface area contributed by atoms with Gasteiger partial charge in [-0.2, -0.15) is 48.3 Å². The molecule has 0 spiro atoms. The third kappa shape index (κ3) is 4.31. The molecule has 1 aromatic carbocycles. The number of nitrogens with one attached hydrogen (secondary N) is 1. The summed E-state index contributed by atoms with van der Waals surface area (Å²) in [5.41, 5.74) is 0.297. The van der Waals surface area contributed by atoms with Crippen molar-refractivity contribution in [1.82, 2.24) is 0 Å². The number of aryl methyl sites for hydroxylation is 2. The number of carbonyl (C=O) groups is 1. The Morgan fingerprint density at radius 3 is 1.71 bits per heavy atom. The Morgan fingerprint density at radius 1 is 0.821 bits per heavy atom. The lowest BCUT2D eigenvalue weighted by Crippen LogP contribution is -2.62. The van der Waals surface area contributed by atoms with E-state index in [0.29, 0.717) is 11.1 Å². The summed E-state index contributed by atoms with van der Waals surface area (Å²) >= 11 is 0. The predicted octanol–water partition coefficient (Wildman–Crippen LogP) is 5.28. The number of anilines is 1. The van der Waals surface area contributed by atoms with E-state index in [0.717, 1.165) is 17.4 Å². The lowest BCUT2D eigenvalue weighted by molar-refractivity contribution is -0.472. The molecule has 0 fully saturated rings. The van der Waals surface area contributed by atoms with Gasteiger partial charge in [-0.1, -0.05) is 6.07 Å². The summed E-state index contributed by atoms with van der Waals surface area (Å²) in [5.74, 6) is -16.5. The largest absolute Gasteiger partial charge is 0.462 e. The normalized spacial score (nSPS) is 15.9. The number of carbonyl (C=O) groups excluding carboxylic acids is 1. The highest BCUT2D eigenvalue weighted by Crippen LogP contribution is 2.51. The molecule has 0 saturated heterocycles. The molecule has 28 heavy (non-hydrogen) atoms. The molecule has 3 nitrogen and oxygen atoms in total. The number of hydrogen-bond donors (Lipinski definition) is 1. The van der Waals surface area contributed by atoms with E-state index in [9.17, 15) is 53.1 Å². The van der Waals surface area contributed by atoms with E-state index in [1.165, 1.54) is 19.9 Å². The first-order valence-corrected chi connectivity index (χ1v) is 6.93. The van der Waals surface area contributed by atoms with Crippen LogP contribution in [-0.4, -0.2) is 36.1 Å². The number of alkyl halides is 11. The van der Waals surface area contributed by atoms with Crippen molar-refractivity contribution < 1.29 is 57.8 Å². The molecule has 0 aromatic heterocycles. The predicted molar refractivity (Wildman–Crippen MR) is 71.5 cm³/mol. The van der Waals surface area contributed by atoms with Crippen LogP contribution in [0.2, 0.25) is 0 Å². The summed E-state index contributed by atoms with van der Waals surface area (Å²) in [5, 5.41) is 1.15. The zero-order valence-electron chi connectivity index (χ0n) is 13.7. The molecule has 0 aliphatic carbocycles. The molecule has 0 bridgehead atoms. The average molecular weight is 433 g/mol. The Morgan fingerprint density at radius 2 is 1.32 bits per heavy atom. The van der Waals surface area contributed by atoms with Gasteiger partial charge in [-0.3, -0.25) is 9.53 Å². The van der Waals surface area contributed by atoms with Crippen LogP contribution in [0, 0.1) is 13.8 Å². The van der Waals surface area contributed by atoms with Gasteiger partial charge in [0, 0.05) is 5.69 Å². The van der Waals surface area contributed by atoms with Crippen LogP contribution in [0.1, 0.15) is 11.1 Å². The van der Waals surface area contributed by atoms with Crippen LogP contribution in [0.3, 0.4) is 0 Å². The van der Waals surface area contributed by atoms with Crippen LogP contribution in [0.15, 0.2) is 18.2 Å². The SMILES string of the molecule is Cc1ccc(NC(=O)[C@](F)(OC(F)(F)C(F)(F)C(F)(F)F)C(F)(F)F)cc1C. The second-order valence-corrected chi connectivity index (χ2v) is 5.54. The van der Waals surface area contributed by atoms with Gasteiger partial charge in [-0.15, -0.1) is 0 Å². The molecule has 1 amide bonds. The fraction of sp³-hybridized carbons (Fsp3) is 0.500. The van der Waals surface area contributed by atoms with E-state index in [1.807, 2.05) is 0 Å². The van der Waals surface area contributed by atoms with E-state index >= 15 is 0 Å². The minimum atomic E-state index is -7.23. The number of amides is 1. The highest BCUT2D eigenvalue weighted by molar-refractivity contribution is 5.97. The van der Waals surface area contributed by atoms with Crippen molar-refractivity contribution in [2.45, 2.75) is 44.1 Å². The topological polar surface area (TPSA) is 38.3 Å². The van der Waals surface area contributed by atoms with Crippen molar-refractivity contribution in [2.24, 2.45) is 0 Å². The van der Waals surface area contributed by atoms with Crippen LogP contribution < -0.4 is 5.32 Å². The van der Waals surface area contributed by atoms with Gasteiger partial charge < -0.3 is 5.32 Å². The molecule has 14 heteroatoms. The Balaban J connectivity index is 3.32. The van der Waals surface area contributed by atoms with Crippen LogP contribution in [-0.2, 0) is 9.53 Å². The molecule has 1 N–H and O–H groups in total. The van der Waals surface area contributed by atoms with Gasteiger partial charge in [0.15, 0.2) is 0 Å². The minimum Gasteiger partial charge on any atom is -0.321 e. The molecular formula is C14H10F11NO2. The van der Waals surface area contributed by atoms with E-state index in [1.54, 1.807) is 0 Å². The van der Waals surface area contributed by atoms with Crippen LogP contribution >= 0.6 is 0 Å². The number of benzene rings is 1. The molecule has 0 heterocycles. The average Bonchev–Trinajstić information content (AvgIpc) is 2.48. The quantitative estimate of drug-likeness (QED) is 0.643. The zero-order valence-corrected chi connectivity index (χ0v) is 13.7. The van der Waals surface area contributed by atoms with E-state index in [4.69, 9.17) is 0 Å². The van der Waals surface area contributed by atoms with Crippen molar-refractivity contribution >= 4 is 11.6 Å². The molecule has 1 atom stereocenters. The molecule has 0 aliphatic rings. The molecule has 0 unspecified atom stereocenters. The van der Waals surface area contributed by atoms with Crippen LogP contribution in [0.4, 0.5) is 54.0 Å². The van der Waals surface area contributed by atoms with Gasteiger partial charge in [-0.25, -0.2) is 0 Å². The number of ether oxygens (including phenoxy) is 1. The maximum Gasteiger partial charge on any atom is 0.462 e. The standard InChI is InChI=1S/C14H10F11NO2/c1-6-3-4-8(5-7(6)2)26-9(27)10(15,12(18,19)20)28-14(24,25)11(16,17)13(21,22)23/h3-5H,1-2H3,(H,26,27)/t10-/m0/s1.